The quantitative estimate of drug-likeness (QED) is 0.431. The van der Waals surface area contributed by atoms with Crippen molar-refractivity contribution >= 4 is 23.3 Å². The van der Waals surface area contributed by atoms with Crippen molar-refractivity contribution in [3.05, 3.63) is 53.1 Å². The fourth-order valence-corrected chi connectivity index (χ4v) is 3.67. The van der Waals surface area contributed by atoms with Crippen molar-refractivity contribution in [2.24, 2.45) is 0 Å². The van der Waals surface area contributed by atoms with Gasteiger partial charge in [-0.15, -0.1) is 0 Å². The summed E-state index contributed by atoms with van der Waals surface area (Å²) >= 11 is 0. The normalized spacial score (nSPS) is 12.5. The molecule has 0 aliphatic carbocycles. The van der Waals surface area contributed by atoms with Crippen LogP contribution in [-0.4, -0.2) is 37.5 Å². The maximum Gasteiger partial charge on any atom is 0.306 e. The predicted molar refractivity (Wildman–Crippen MR) is 125 cm³/mol. The van der Waals surface area contributed by atoms with E-state index in [4.69, 9.17) is 14.2 Å². The summed E-state index contributed by atoms with van der Waals surface area (Å²) in [5.41, 5.74) is 3.28. The van der Waals surface area contributed by atoms with Crippen LogP contribution in [0.15, 0.2) is 36.4 Å². The van der Waals surface area contributed by atoms with Crippen LogP contribution >= 0.6 is 0 Å². The Morgan fingerprint density at radius 1 is 0.909 bits per heavy atom. The van der Waals surface area contributed by atoms with Crippen LogP contribution in [0, 0.1) is 0 Å². The van der Waals surface area contributed by atoms with E-state index in [1.54, 1.807) is 18.2 Å². The predicted octanol–water partition coefficient (Wildman–Crippen LogP) is 4.85. The third-order valence-corrected chi connectivity index (χ3v) is 5.42. The van der Waals surface area contributed by atoms with E-state index in [0.717, 1.165) is 16.8 Å². The lowest BCUT2D eigenvalue weighted by Gasteiger charge is -2.20. The minimum Gasteiger partial charge on any atom is -0.486 e. The molecule has 0 unspecified atom stereocenters. The smallest absolute Gasteiger partial charge is 0.306 e. The number of ether oxygens (including phenoxy) is 3. The minimum absolute atomic E-state index is 0.0201. The molecule has 2 aromatic rings. The standard InChI is InChI=1S/C26H31NO6/c1-16(2)19-6-5-7-20(17(3)4)26(19)27-24(29)15-33-25(30)11-9-21(28)18-8-10-22-23(14-18)32-13-12-31-22/h5-8,10,14,16-17H,9,11-13,15H2,1-4H3,(H,27,29). The van der Waals surface area contributed by atoms with E-state index in [1.807, 2.05) is 18.2 Å². The van der Waals surface area contributed by atoms with Gasteiger partial charge in [0, 0.05) is 17.7 Å². The maximum atomic E-state index is 12.5. The van der Waals surface area contributed by atoms with E-state index in [9.17, 15) is 14.4 Å². The van der Waals surface area contributed by atoms with E-state index < -0.39 is 18.5 Å². The van der Waals surface area contributed by atoms with Crippen molar-refractivity contribution in [2.75, 3.05) is 25.1 Å². The Morgan fingerprint density at radius 2 is 1.55 bits per heavy atom. The highest BCUT2D eigenvalue weighted by Gasteiger charge is 2.18. The summed E-state index contributed by atoms with van der Waals surface area (Å²) in [6.07, 6.45) is -0.131. The van der Waals surface area contributed by atoms with E-state index in [-0.39, 0.29) is 30.5 Å². The Bertz CT molecular complexity index is 1000. The monoisotopic (exact) mass is 453 g/mol. The Labute approximate surface area is 194 Å². The molecule has 0 bridgehead atoms. The summed E-state index contributed by atoms with van der Waals surface area (Å²) in [6, 6.07) is 10.9. The first kappa shape index (κ1) is 24.3. The molecule has 1 heterocycles. The molecule has 0 radical (unpaired) electrons. The van der Waals surface area contributed by atoms with Crippen LogP contribution in [-0.2, 0) is 14.3 Å². The lowest BCUT2D eigenvalue weighted by molar-refractivity contribution is -0.147. The Kier molecular flexibility index (Phi) is 8.09. The number of fused-ring (bicyclic) bond motifs is 1. The van der Waals surface area contributed by atoms with Gasteiger partial charge in [0.05, 0.1) is 6.42 Å². The second-order valence-electron chi connectivity index (χ2n) is 8.61. The van der Waals surface area contributed by atoms with Gasteiger partial charge in [0.25, 0.3) is 5.91 Å². The van der Waals surface area contributed by atoms with E-state index >= 15 is 0 Å². The van der Waals surface area contributed by atoms with E-state index in [2.05, 4.69) is 33.0 Å². The van der Waals surface area contributed by atoms with Crippen molar-refractivity contribution in [1.29, 1.82) is 0 Å². The van der Waals surface area contributed by atoms with Gasteiger partial charge in [0.1, 0.15) is 13.2 Å². The van der Waals surface area contributed by atoms with Gasteiger partial charge in [-0.05, 0) is 41.2 Å². The second-order valence-corrected chi connectivity index (χ2v) is 8.61. The molecule has 7 heteroatoms. The first-order valence-corrected chi connectivity index (χ1v) is 11.3. The average molecular weight is 454 g/mol. The number of hydrogen-bond acceptors (Lipinski definition) is 6. The van der Waals surface area contributed by atoms with Crippen LogP contribution in [0.3, 0.4) is 0 Å². The molecule has 0 atom stereocenters. The molecular weight excluding hydrogens is 422 g/mol. The largest absolute Gasteiger partial charge is 0.486 e. The van der Waals surface area contributed by atoms with E-state index in [1.165, 1.54) is 0 Å². The molecule has 1 aliphatic heterocycles. The number of benzene rings is 2. The molecule has 2 aromatic carbocycles. The lowest BCUT2D eigenvalue weighted by atomic mass is 9.92. The van der Waals surface area contributed by atoms with Gasteiger partial charge in [-0.25, -0.2) is 0 Å². The number of nitrogens with one attached hydrogen (secondary N) is 1. The van der Waals surface area contributed by atoms with Crippen molar-refractivity contribution in [3.8, 4) is 11.5 Å². The van der Waals surface area contributed by atoms with Crippen LogP contribution in [0.2, 0.25) is 0 Å². The Morgan fingerprint density at radius 3 is 2.18 bits per heavy atom. The zero-order valence-corrected chi connectivity index (χ0v) is 19.6. The first-order chi connectivity index (χ1) is 15.8. The molecule has 33 heavy (non-hydrogen) atoms. The number of esters is 1. The maximum absolute atomic E-state index is 12.5. The van der Waals surface area contributed by atoms with Gasteiger partial charge in [-0.2, -0.15) is 0 Å². The lowest BCUT2D eigenvalue weighted by Crippen LogP contribution is -2.23. The van der Waals surface area contributed by atoms with Crippen molar-refractivity contribution in [1.82, 2.24) is 0 Å². The van der Waals surface area contributed by atoms with Gasteiger partial charge in [-0.1, -0.05) is 45.9 Å². The Balaban J connectivity index is 1.51. The topological polar surface area (TPSA) is 90.9 Å². The van der Waals surface area contributed by atoms with Crippen LogP contribution < -0.4 is 14.8 Å². The van der Waals surface area contributed by atoms with Crippen molar-refractivity contribution < 1.29 is 28.6 Å². The van der Waals surface area contributed by atoms with Gasteiger partial charge >= 0.3 is 5.97 Å². The molecule has 7 nitrogen and oxygen atoms in total. The summed E-state index contributed by atoms with van der Waals surface area (Å²) in [4.78, 5) is 37.0. The molecule has 0 spiro atoms. The number of anilines is 1. The summed E-state index contributed by atoms with van der Waals surface area (Å²) in [6.45, 7) is 8.76. The molecule has 0 saturated heterocycles. The van der Waals surface area contributed by atoms with Crippen LogP contribution in [0.25, 0.3) is 0 Å². The number of Topliss-reactive ketones (excluding diaryl/α,β-unsaturated/α-hetero) is 1. The highest BCUT2D eigenvalue weighted by Crippen LogP contribution is 2.33. The minimum atomic E-state index is -0.600. The summed E-state index contributed by atoms with van der Waals surface area (Å²) < 4.78 is 16.0. The molecule has 0 aromatic heterocycles. The summed E-state index contributed by atoms with van der Waals surface area (Å²) in [7, 11) is 0. The van der Waals surface area contributed by atoms with Crippen molar-refractivity contribution in [2.45, 2.75) is 52.4 Å². The van der Waals surface area contributed by atoms with Gasteiger partial charge in [0.15, 0.2) is 23.9 Å². The summed E-state index contributed by atoms with van der Waals surface area (Å²) in [5, 5.41) is 2.91. The first-order valence-electron chi connectivity index (χ1n) is 11.3. The van der Waals surface area contributed by atoms with Crippen LogP contribution in [0.5, 0.6) is 11.5 Å². The van der Waals surface area contributed by atoms with Crippen LogP contribution in [0.1, 0.15) is 73.9 Å². The number of ketones is 1. The third kappa shape index (κ3) is 6.34. The number of carbonyl (C=O) groups excluding carboxylic acids is 3. The zero-order chi connectivity index (χ0) is 24.0. The molecule has 1 amide bonds. The fourth-order valence-electron chi connectivity index (χ4n) is 3.67. The third-order valence-electron chi connectivity index (χ3n) is 5.42. The fraction of sp³-hybridized carbons (Fsp3) is 0.423. The molecular formula is C26H31NO6. The van der Waals surface area contributed by atoms with Gasteiger partial charge in [-0.3, -0.25) is 14.4 Å². The molecule has 1 aliphatic rings. The van der Waals surface area contributed by atoms with Gasteiger partial charge < -0.3 is 19.5 Å². The molecule has 1 N–H and O–H groups in total. The highest BCUT2D eigenvalue weighted by atomic mass is 16.6. The molecule has 0 fully saturated rings. The highest BCUT2D eigenvalue weighted by molar-refractivity contribution is 5.98. The molecule has 176 valence electrons. The number of hydrogen-bond donors (Lipinski definition) is 1. The van der Waals surface area contributed by atoms with E-state index in [0.29, 0.717) is 30.3 Å². The number of amides is 1. The van der Waals surface area contributed by atoms with Crippen molar-refractivity contribution in [3.63, 3.8) is 0 Å². The number of rotatable bonds is 9. The SMILES string of the molecule is CC(C)c1cccc(C(C)C)c1NC(=O)COC(=O)CCC(=O)c1ccc2c(c1)OCCO2. The Hall–Kier alpha value is -3.35. The second kappa shape index (κ2) is 11.0. The average Bonchev–Trinajstić information content (AvgIpc) is 2.80. The molecule has 0 saturated carbocycles. The van der Waals surface area contributed by atoms with Gasteiger partial charge in [0.2, 0.25) is 0 Å². The summed E-state index contributed by atoms with van der Waals surface area (Å²) in [5.74, 6) is 0.368. The number of para-hydroxylation sites is 1. The zero-order valence-electron chi connectivity index (χ0n) is 19.6. The van der Waals surface area contributed by atoms with Crippen LogP contribution in [0.4, 0.5) is 5.69 Å². The number of carbonyl (C=O) groups is 3. The molecule has 3 rings (SSSR count).